The van der Waals surface area contributed by atoms with E-state index in [2.05, 4.69) is 5.32 Å². The molecule has 2 aromatic rings. The number of carbonyl (C=O) groups is 2. The highest BCUT2D eigenvalue weighted by Gasteiger charge is 2.12. The van der Waals surface area contributed by atoms with Crippen molar-refractivity contribution in [1.82, 2.24) is 4.90 Å². The molecule has 26 heavy (non-hydrogen) atoms. The molecule has 0 atom stereocenters. The first-order chi connectivity index (χ1) is 12.4. The summed E-state index contributed by atoms with van der Waals surface area (Å²) in [6.07, 6.45) is 0. The Bertz CT molecular complexity index is 789. The fourth-order valence-corrected chi connectivity index (χ4v) is 2.57. The van der Waals surface area contributed by atoms with E-state index in [1.54, 1.807) is 25.3 Å². The maximum atomic E-state index is 12.3. The molecule has 0 heterocycles. The number of ether oxygens (including phenoxy) is 2. The van der Waals surface area contributed by atoms with Crippen LogP contribution in [0.25, 0.3) is 0 Å². The van der Waals surface area contributed by atoms with E-state index < -0.39 is 5.97 Å². The Morgan fingerprint density at radius 2 is 1.88 bits per heavy atom. The zero-order valence-electron chi connectivity index (χ0n) is 15.5. The Kier molecular flexibility index (Phi) is 6.74. The van der Waals surface area contributed by atoms with Gasteiger partial charge in [0.1, 0.15) is 5.75 Å². The molecule has 138 valence electrons. The summed E-state index contributed by atoms with van der Waals surface area (Å²) in [7, 11) is 4.83. The quantitative estimate of drug-likeness (QED) is 0.773. The third kappa shape index (κ3) is 5.32. The summed E-state index contributed by atoms with van der Waals surface area (Å²) in [4.78, 5) is 25.9. The van der Waals surface area contributed by atoms with Crippen molar-refractivity contribution in [2.75, 3.05) is 33.1 Å². The normalized spacial score (nSPS) is 10.5. The van der Waals surface area contributed by atoms with Crippen LogP contribution in [0, 0.1) is 6.92 Å². The molecule has 6 heteroatoms. The minimum Gasteiger partial charge on any atom is -0.497 e. The molecule has 0 saturated carbocycles. The Balaban J connectivity index is 1.98. The lowest BCUT2D eigenvalue weighted by atomic mass is 10.1. The number of aryl methyl sites for hydroxylation is 1. The molecule has 1 amide bonds. The Labute approximate surface area is 153 Å². The van der Waals surface area contributed by atoms with Crippen molar-refractivity contribution in [3.05, 3.63) is 59.2 Å². The van der Waals surface area contributed by atoms with Crippen molar-refractivity contribution in [3.8, 4) is 5.75 Å². The first kappa shape index (κ1) is 19.5. The SMILES string of the molecule is COC(=O)c1ccc(C)c(NC(=O)CN(C)Cc2cccc(OC)c2)c1. The molecule has 0 fully saturated rings. The van der Waals surface area contributed by atoms with Crippen LogP contribution in [0.4, 0.5) is 5.69 Å². The lowest BCUT2D eigenvalue weighted by Crippen LogP contribution is -2.30. The molecule has 0 unspecified atom stereocenters. The first-order valence-corrected chi connectivity index (χ1v) is 8.23. The standard InChI is InChI=1S/C20H24N2O4/c1-14-8-9-16(20(24)26-4)11-18(14)21-19(23)13-22(2)12-15-6-5-7-17(10-15)25-3/h5-11H,12-13H2,1-4H3,(H,21,23). The van der Waals surface area contributed by atoms with E-state index in [1.165, 1.54) is 7.11 Å². The van der Waals surface area contributed by atoms with Gasteiger partial charge in [0.05, 0.1) is 26.3 Å². The summed E-state index contributed by atoms with van der Waals surface area (Å²) in [5.74, 6) is 0.201. The highest BCUT2D eigenvalue weighted by molar-refractivity contribution is 5.96. The molecule has 0 saturated heterocycles. The Morgan fingerprint density at radius 3 is 2.58 bits per heavy atom. The molecule has 0 aliphatic heterocycles. The predicted octanol–water partition coefficient (Wildman–Crippen LogP) is 2.86. The summed E-state index contributed by atoms with van der Waals surface area (Å²) in [5.41, 5.74) is 2.94. The fourth-order valence-electron chi connectivity index (χ4n) is 2.57. The molecule has 2 aromatic carbocycles. The number of anilines is 1. The maximum Gasteiger partial charge on any atom is 0.337 e. The number of rotatable bonds is 7. The summed E-state index contributed by atoms with van der Waals surface area (Å²) < 4.78 is 9.93. The molecule has 0 spiro atoms. The van der Waals surface area contributed by atoms with E-state index in [9.17, 15) is 9.59 Å². The van der Waals surface area contributed by atoms with Crippen molar-refractivity contribution in [2.45, 2.75) is 13.5 Å². The van der Waals surface area contributed by atoms with Crippen molar-refractivity contribution in [3.63, 3.8) is 0 Å². The number of likely N-dealkylation sites (N-methyl/N-ethyl adjacent to an activating group) is 1. The molecule has 0 aliphatic rings. The molecule has 0 aliphatic carbocycles. The number of amides is 1. The number of hydrogen-bond donors (Lipinski definition) is 1. The summed E-state index contributed by atoms with van der Waals surface area (Å²) in [6.45, 7) is 2.71. The topological polar surface area (TPSA) is 67.9 Å². The van der Waals surface area contributed by atoms with Crippen molar-refractivity contribution in [1.29, 1.82) is 0 Å². The zero-order chi connectivity index (χ0) is 19.1. The van der Waals surface area contributed by atoms with Crippen molar-refractivity contribution >= 4 is 17.6 Å². The van der Waals surface area contributed by atoms with E-state index >= 15 is 0 Å². The second-order valence-corrected chi connectivity index (χ2v) is 6.09. The highest BCUT2D eigenvalue weighted by atomic mass is 16.5. The molecule has 1 N–H and O–H groups in total. The fraction of sp³-hybridized carbons (Fsp3) is 0.300. The molecular formula is C20H24N2O4. The third-order valence-electron chi connectivity index (χ3n) is 3.93. The van der Waals surface area contributed by atoms with Crippen LogP contribution in [0.15, 0.2) is 42.5 Å². The van der Waals surface area contributed by atoms with Crippen LogP contribution in [0.5, 0.6) is 5.75 Å². The van der Waals surface area contributed by atoms with Gasteiger partial charge in [-0.25, -0.2) is 4.79 Å². The molecule has 2 rings (SSSR count). The monoisotopic (exact) mass is 356 g/mol. The van der Waals surface area contributed by atoms with Gasteiger partial charge in [-0.3, -0.25) is 9.69 Å². The number of nitrogens with zero attached hydrogens (tertiary/aromatic N) is 1. The number of carbonyl (C=O) groups excluding carboxylic acids is 2. The lowest BCUT2D eigenvalue weighted by molar-refractivity contribution is -0.117. The van der Waals surface area contributed by atoms with E-state index in [-0.39, 0.29) is 12.5 Å². The van der Waals surface area contributed by atoms with Gasteiger partial charge in [-0.05, 0) is 49.4 Å². The number of hydrogen-bond acceptors (Lipinski definition) is 5. The summed E-state index contributed by atoms with van der Waals surface area (Å²) >= 11 is 0. The average Bonchev–Trinajstić information content (AvgIpc) is 2.62. The van der Waals surface area contributed by atoms with Crippen LogP contribution in [0.2, 0.25) is 0 Å². The van der Waals surface area contributed by atoms with Crippen molar-refractivity contribution in [2.24, 2.45) is 0 Å². The number of nitrogens with one attached hydrogen (secondary N) is 1. The van der Waals surface area contributed by atoms with Gasteiger partial charge in [0, 0.05) is 12.2 Å². The van der Waals surface area contributed by atoms with Crippen LogP contribution in [-0.4, -0.2) is 44.6 Å². The molecule has 0 aromatic heterocycles. The van der Waals surface area contributed by atoms with Crippen LogP contribution < -0.4 is 10.1 Å². The van der Waals surface area contributed by atoms with Gasteiger partial charge in [0.15, 0.2) is 0 Å². The van der Waals surface area contributed by atoms with Gasteiger partial charge >= 0.3 is 5.97 Å². The van der Waals surface area contributed by atoms with Crippen LogP contribution in [0.1, 0.15) is 21.5 Å². The smallest absolute Gasteiger partial charge is 0.337 e. The zero-order valence-corrected chi connectivity index (χ0v) is 15.5. The minimum atomic E-state index is -0.435. The maximum absolute atomic E-state index is 12.3. The Hall–Kier alpha value is -2.86. The van der Waals surface area contributed by atoms with Gasteiger partial charge in [-0.1, -0.05) is 18.2 Å². The Morgan fingerprint density at radius 1 is 1.12 bits per heavy atom. The van der Waals surface area contributed by atoms with E-state index in [0.717, 1.165) is 16.9 Å². The summed E-state index contributed by atoms with van der Waals surface area (Å²) in [6, 6.07) is 12.8. The van der Waals surface area contributed by atoms with Gasteiger partial charge in [-0.2, -0.15) is 0 Å². The minimum absolute atomic E-state index is 0.152. The van der Waals surface area contributed by atoms with E-state index in [1.807, 2.05) is 43.1 Å². The summed E-state index contributed by atoms with van der Waals surface area (Å²) in [5, 5.41) is 2.86. The van der Waals surface area contributed by atoms with Gasteiger partial charge < -0.3 is 14.8 Å². The number of esters is 1. The van der Waals surface area contributed by atoms with Gasteiger partial charge in [0.25, 0.3) is 0 Å². The molecule has 0 bridgehead atoms. The van der Waals surface area contributed by atoms with Gasteiger partial charge in [0.2, 0.25) is 5.91 Å². The third-order valence-corrected chi connectivity index (χ3v) is 3.93. The average molecular weight is 356 g/mol. The second kappa shape index (κ2) is 9.01. The van der Waals surface area contributed by atoms with Crippen LogP contribution >= 0.6 is 0 Å². The molecule has 0 radical (unpaired) electrons. The van der Waals surface area contributed by atoms with Crippen molar-refractivity contribution < 1.29 is 19.1 Å². The highest BCUT2D eigenvalue weighted by Crippen LogP contribution is 2.18. The van der Waals surface area contributed by atoms with E-state index in [4.69, 9.17) is 9.47 Å². The largest absolute Gasteiger partial charge is 0.497 e. The molecular weight excluding hydrogens is 332 g/mol. The van der Waals surface area contributed by atoms with Crippen LogP contribution in [-0.2, 0) is 16.1 Å². The first-order valence-electron chi connectivity index (χ1n) is 8.23. The number of benzene rings is 2. The predicted molar refractivity (Wildman–Crippen MR) is 100 cm³/mol. The van der Waals surface area contributed by atoms with E-state index in [0.29, 0.717) is 17.8 Å². The molecule has 6 nitrogen and oxygen atoms in total. The van der Waals surface area contributed by atoms with Gasteiger partial charge in [-0.15, -0.1) is 0 Å². The second-order valence-electron chi connectivity index (χ2n) is 6.09. The lowest BCUT2D eigenvalue weighted by Gasteiger charge is -2.17. The number of methoxy groups -OCH3 is 2. The van der Waals surface area contributed by atoms with Crippen LogP contribution in [0.3, 0.4) is 0 Å².